The first kappa shape index (κ1) is 21.0. The highest BCUT2D eigenvalue weighted by atomic mass is 16.5. The Hall–Kier alpha value is -3.32. The molecule has 0 heterocycles. The first-order valence-corrected chi connectivity index (χ1v) is 8.81. The quantitative estimate of drug-likeness (QED) is 0.452. The summed E-state index contributed by atoms with van der Waals surface area (Å²) < 4.78 is 16.3. The molecule has 0 aliphatic carbocycles. The fraction of sp³-hybridized carbons (Fsp3) is 0.238. The number of aliphatic carboxylic acids is 1. The van der Waals surface area contributed by atoms with Gasteiger partial charge in [-0.25, -0.2) is 4.79 Å². The molecule has 1 unspecified atom stereocenters. The summed E-state index contributed by atoms with van der Waals surface area (Å²) in [7, 11) is 0. The van der Waals surface area contributed by atoms with E-state index in [1.54, 1.807) is 48.5 Å². The molecule has 2 rings (SSSR count). The minimum Gasteiger partial charge on any atom is -0.494 e. The zero-order chi connectivity index (χ0) is 20.4. The Bertz CT molecular complexity index is 819. The third kappa shape index (κ3) is 6.44. The highest BCUT2D eigenvalue weighted by Crippen LogP contribution is 2.24. The number of rotatable bonds is 11. The van der Waals surface area contributed by atoms with Crippen LogP contribution in [0.5, 0.6) is 17.2 Å². The third-order valence-electron chi connectivity index (χ3n) is 3.53. The van der Waals surface area contributed by atoms with Gasteiger partial charge in [0.05, 0.1) is 6.61 Å². The summed E-state index contributed by atoms with van der Waals surface area (Å²) in [6, 6.07) is 13.3. The van der Waals surface area contributed by atoms with Gasteiger partial charge in [-0.2, -0.15) is 0 Å². The highest BCUT2D eigenvalue weighted by Gasteiger charge is 2.17. The lowest BCUT2D eigenvalue weighted by atomic mass is 10.1. The van der Waals surface area contributed by atoms with Crippen molar-refractivity contribution >= 4 is 11.8 Å². The van der Waals surface area contributed by atoms with E-state index >= 15 is 0 Å². The van der Waals surface area contributed by atoms with Crippen LogP contribution in [0, 0.1) is 0 Å². The number of nitrogens with two attached hydrogens (primary N) is 1. The topological polar surface area (TPSA) is 108 Å². The molecule has 0 fully saturated rings. The van der Waals surface area contributed by atoms with E-state index in [0.717, 1.165) is 0 Å². The molecule has 0 spiro atoms. The average Bonchev–Trinajstić information content (AvgIpc) is 2.70. The number of para-hydroxylation sites is 1. The van der Waals surface area contributed by atoms with Crippen LogP contribution in [0.15, 0.2) is 60.7 Å². The van der Waals surface area contributed by atoms with E-state index in [1.807, 2.05) is 6.92 Å². The van der Waals surface area contributed by atoms with Crippen molar-refractivity contribution in [3.05, 3.63) is 66.2 Å². The zero-order valence-corrected chi connectivity index (χ0v) is 15.5. The van der Waals surface area contributed by atoms with E-state index in [2.05, 4.69) is 0 Å². The lowest BCUT2D eigenvalue weighted by Crippen LogP contribution is -2.24. The van der Waals surface area contributed by atoms with Crippen molar-refractivity contribution in [2.24, 2.45) is 5.73 Å². The first-order chi connectivity index (χ1) is 13.5. The van der Waals surface area contributed by atoms with Gasteiger partial charge >= 0.3 is 5.97 Å². The molecule has 0 amide bonds. The molecule has 7 heteroatoms. The largest absolute Gasteiger partial charge is 0.494 e. The van der Waals surface area contributed by atoms with Crippen molar-refractivity contribution in [2.75, 3.05) is 19.8 Å². The molecule has 3 N–H and O–H groups in total. The zero-order valence-electron chi connectivity index (χ0n) is 15.5. The maximum absolute atomic E-state index is 12.5. The predicted molar refractivity (Wildman–Crippen MR) is 104 cm³/mol. The van der Waals surface area contributed by atoms with Crippen LogP contribution in [0.4, 0.5) is 0 Å². The standard InChI is InChI=1S/C21H23NO6/c1-2-26-17-12-15(13-18(14-17)27-11-10-22)19(23)8-9-20(21(24)25)28-16-6-4-3-5-7-16/h3-9,12-14,20H,2,10-11,22H2,1H3,(H,24,25). The summed E-state index contributed by atoms with van der Waals surface area (Å²) in [5, 5.41) is 9.33. The number of ketones is 1. The van der Waals surface area contributed by atoms with Crippen LogP contribution in [-0.4, -0.2) is 42.7 Å². The monoisotopic (exact) mass is 385 g/mol. The molecule has 2 aromatic rings. The number of hydrogen-bond donors (Lipinski definition) is 2. The van der Waals surface area contributed by atoms with E-state index in [-0.39, 0.29) is 0 Å². The van der Waals surface area contributed by atoms with Crippen LogP contribution in [0.3, 0.4) is 0 Å². The van der Waals surface area contributed by atoms with Crippen molar-refractivity contribution in [1.29, 1.82) is 0 Å². The molecule has 0 aromatic heterocycles. The van der Waals surface area contributed by atoms with Gasteiger partial charge in [-0.05, 0) is 43.3 Å². The summed E-state index contributed by atoms with van der Waals surface area (Å²) in [5.41, 5.74) is 5.74. The lowest BCUT2D eigenvalue weighted by molar-refractivity contribution is -0.142. The van der Waals surface area contributed by atoms with Crippen LogP contribution < -0.4 is 19.9 Å². The van der Waals surface area contributed by atoms with Gasteiger partial charge in [-0.3, -0.25) is 4.79 Å². The van der Waals surface area contributed by atoms with Crippen LogP contribution in [0.1, 0.15) is 17.3 Å². The SMILES string of the molecule is CCOc1cc(OCCN)cc(C(=O)C=CC(Oc2ccccc2)C(=O)O)c1. The normalized spacial score (nSPS) is 11.8. The lowest BCUT2D eigenvalue weighted by Gasteiger charge is -2.12. The van der Waals surface area contributed by atoms with Crippen molar-refractivity contribution in [3.63, 3.8) is 0 Å². The molecule has 1 atom stereocenters. The fourth-order valence-electron chi connectivity index (χ4n) is 2.31. The van der Waals surface area contributed by atoms with Crippen molar-refractivity contribution < 1.29 is 28.9 Å². The second kappa shape index (κ2) is 10.7. The van der Waals surface area contributed by atoms with E-state index in [1.165, 1.54) is 12.2 Å². The molecule has 148 valence electrons. The molecule has 0 bridgehead atoms. The number of hydrogen-bond acceptors (Lipinski definition) is 6. The van der Waals surface area contributed by atoms with Gasteiger partial charge in [0, 0.05) is 18.2 Å². The summed E-state index contributed by atoms with van der Waals surface area (Å²) in [4.78, 5) is 24.0. The Morgan fingerprint density at radius 1 is 1.07 bits per heavy atom. The molecule has 0 saturated heterocycles. The molecule has 2 aromatic carbocycles. The molecule has 0 aliphatic rings. The minimum atomic E-state index is -1.30. The van der Waals surface area contributed by atoms with E-state index in [0.29, 0.717) is 42.6 Å². The summed E-state index contributed by atoms with van der Waals surface area (Å²) in [5.74, 6) is -0.291. The number of allylic oxidation sites excluding steroid dienone is 1. The molecule has 0 radical (unpaired) electrons. The maximum atomic E-state index is 12.5. The number of benzene rings is 2. The van der Waals surface area contributed by atoms with E-state index in [9.17, 15) is 14.7 Å². The number of carboxylic acid groups (broad SMARTS) is 1. The van der Waals surface area contributed by atoms with E-state index in [4.69, 9.17) is 19.9 Å². The average molecular weight is 385 g/mol. The molecular formula is C21H23NO6. The second-order valence-corrected chi connectivity index (χ2v) is 5.68. The van der Waals surface area contributed by atoms with Gasteiger partial charge in [-0.1, -0.05) is 18.2 Å². The molecule has 7 nitrogen and oxygen atoms in total. The summed E-state index contributed by atoms with van der Waals surface area (Å²) >= 11 is 0. The Morgan fingerprint density at radius 3 is 2.36 bits per heavy atom. The van der Waals surface area contributed by atoms with Crippen molar-refractivity contribution in [2.45, 2.75) is 13.0 Å². The predicted octanol–water partition coefficient (Wildman–Crippen LogP) is 2.69. The van der Waals surface area contributed by atoms with Crippen LogP contribution >= 0.6 is 0 Å². The Labute approximate surface area is 163 Å². The first-order valence-electron chi connectivity index (χ1n) is 8.81. The summed E-state index contributed by atoms with van der Waals surface area (Å²) in [6.45, 7) is 2.88. The summed E-state index contributed by atoms with van der Waals surface area (Å²) in [6.07, 6.45) is 1.07. The molecule has 28 heavy (non-hydrogen) atoms. The van der Waals surface area contributed by atoms with Crippen molar-refractivity contribution in [3.8, 4) is 17.2 Å². The van der Waals surface area contributed by atoms with Gasteiger partial charge in [-0.15, -0.1) is 0 Å². The van der Waals surface area contributed by atoms with Gasteiger partial charge in [0.2, 0.25) is 6.10 Å². The number of ether oxygens (including phenoxy) is 3. The molecule has 0 saturated carbocycles. The molecule has 0 aliphatic heterocycles. The second-order valence-electron chi connectivity index (χ2n) is 5.68. The smallest absolute Gasteiger partial charge is 0.349 e. The molecular weight excluding hydrogens is 362 g/mol. The Morgan fingerprint density at radius 2 is 1.75 bits per heavy atom. The Kier molecular flexibility index (Phi) is 8.05. The van der Waals surface area contributed by atoms with Gasteiger partial charge in [0.1, 0.15) is 23.9 Å². The number of carboxylic acids is 1. The van der Waals surface area contributed by atoms with Crippen LogP contribution in [0.25, 0.3) is 0 Å². The van der Waals surface area contributed by atoms with Crippen LogP contribution in [-0.2, 0) is 4.79 Å². The number of carbonyl (C=O) groups is 2. The van der Waals surface area contributed by atoms with Gasteiger partial charge < -0.3 is 25.1 Å². The van der Waals surface area contributed by atoms with E-state index < -0.39 is 17.9 Å². The minimum absolute atomic E-state index is 0.297. The van der Waals surface area contributed by atoms with Gasteiger partial charge in [0.15, 0.2) is 5.78 Å². The van der Waals surface area contributed by atoms with Gasteiger partial charge in [0.25, 0.3) is 0 Å². The Balaban J connectivity index is 2.18. The van der Waals surface area contributed by atoms with Crippen LogP contribution in [0.2, 0.25) is 0 Å². The maximum Gasteiger partial charge on any atom is 0.349 e. The highest BCUT2D eigenvalue weighted by molar-refractivity contribution is 6.05. The number of carbonyl (C=O) groups excluding carboxylic acids is 1. The van der Waals surface area contributed by atoms with Crippen molar-refractivity contribution in [1.82, 2.24) is 0 Å². The third-order valence-corrected chi connectivity index (χ3v) is 3.53. The fourth-order valence-corrected chi connectivity index (χ4v) is 2.31.